The number of ether oxygens (including phenoxy) is 2. The number of phenols is 1. The van der Waals surface area contributed by atoms with Crippen LogP contribution in [0.3, 0.4) is 0 Å². The van der Waals surface area contributed by atoms with Crippen LogP contribution in [0.2, 0.25) is 0 Å². The summed E-state index contributed by atoms with van der Waals surface area (Å²) in [5.74, 6) is 1.72. The SMILES string of the molecule is COc1cccc2c1O[C@H](c1cc(Br)cs1)N1N=C(c3cc(C)ccc3O)C[C@@H]21. The number of halogens is 1. The van der Waals surface area contributed by atoms with Crippen molar-refractivity contribution in [2.45, 2.75) is 25.6 Å². The van der Waals surface area contributed by atoms with E-state index in [0.29, 0.717) is 6.42 Å². The van der Waals surface area contributed by atoms with Crippen molar-refractivity contribution in [1.82, 2.24) is 5.01 Å². The van der Waals surface area contributed by atoms with Gasteiger partial charge in [0.25, 0.3) is 0 Å². The molecule has 0 radical (unpaired) electrons. The van der Waals surface area contributed by atoms with E-state index in [1.54, 1.807) is 24.5 Å². The molecule has 5 rings (SSSR count). The number of methoxy groups -OCH3 is 1. The largest absolute Gasteiger partial charge is 0.507 e. The lowest BCUT2D eigenvalue weighted by atomic mass is 9.95. The van der Waals surface area contributed by atoms with Gasteiger partial charge in [-0.2, -0.15) is 5.10 Å². The molecule has 5 nitrogen and oxygen atoms in total. The Morgan fingerprint density at radius 3 is 2.90 bits per heavy atom. The summed E-state index contributed by atoms with van der Waals surface area (Å²) in [5, 5.41) is 19.4. The van der Waals surface area contributed by atoms with Crippen molar-refractivity contribution in [2.24, 2.45) is 5.10 Å². The molecule has 0 unspecified atom stereocenters. The van der Waals surface area contributed by atoms with Crippen LogP contribution in [0.1, 0.15) is 40.3 Å². The highest BCUT2D eigenvalue weighted by Crippen LogP contribution is 2.51. The van der Waals surface area contributed by atoms with Gasteiger partial charge in [-0.3, -0.25) is 0 Å². The van der Waals surface area contributed by atoms with Gasteiger partial charge in [-0.1, -0.05) is 23.8 Å². The maximum absolute atomic E-state index is 10.4. The van der Waals surface area contributed by atoms with Crippen molar-refractivity contribution in [3.63, 3.8) is 0 Å². The normalized spacial score (nSPS) is 20.0. The lowest BCUT2D eigenvalue weighted by Gasteiger charge is -2.38. The highest BCUT2D eigenvalue weighted by Gasteiger charge is 2.43. The number of phenolic OH excluding ortho intramolecular Hbond substituents is 1. The van der Waals surface area contributed by atoms with E-state index in [2.05, 4.69) is 28.1 Å². The van der Waals surface area contributed by atoms with Gasteiger partial charge in [-0.15, -0.1) is 11.3 Å². The van der Waals surface area contributed by atoms with Gasteiger partial charge in [0.05, 0.1) is 23.7 Å². The molecule has 1 N–H and O–H groups in total. The number of nitrogens with zero attached hydrogens (tertiary/aromatic N) is 2. The molecule has 2 aromatic carbocycles. The van der Waals surface area contributed by atoms with Crippen molar-refractivity contribution < 1.29 is 14.6 Å². The second kappa shape index (κ2) is 7.07. The van der Waals surface area contributed by atoms with E-state index in [-0.39, 0.29) is 18.0 Å². The summed E-state index contributed by atoms with van der Waals surface area (Å²) in [6.45, 7) is 2.01. The molecule has 0 saturated carbocycles. The van der Waals surface area contributed by atoms with E-state index in [9.17, 15) is 5.11 Å². The van der Waals surface area contributed by atoms with Crippen molar-refractivity contribution in [1.29, 1.82) is 0 Å². The first-order valence-corrected chi connectivity index (χ1v) is 11.0. The number of thiophene rings is 1. The number of aryl methyl sites for hydroxylation is 1. The van der Waals surface area contributed by atoms with Crippen LogP contribution in [0.25, 0.3) is 0 Å². The molecule has 0 spiro atoms. The zero-order chi connectivity index (χ0) is 20.1. The number of rotatable bonds is 3. The zero-order valence-electron chi connectivity index (χ0n) is 15.9. The molecule has 2 aliphatic heterocycles. The number of hydrogen-bond donors (Lipinski definition) is 1. The first-order chi connectivity index (χ1) is 14.0. The summed E-state index contributed by atoms with van der Waals surface area (Å²) < 4.78 is 13.0. The number of para-hydroxylation sites is 1. The summed E-state index contributed by atoms with van der Waals surface area (Å²) in [5.41, 5.74) is 3.76. The molecule has 0 amide bonds. The van der Waals surface area contributed by atoms with Gasteiger partial charge in [-0.25, -0.2) is 5.01 Å². The van der Waals surface area contributed by atoms with Crippen LogP contribution in [-0.4, -0.2) is 22.9 Å². The highest BCUT2D eigenvalue weighted by molar-refractivity contribution is 9.10. The Balaban J connectivity index is 1.64. The van der Waals surface area contributed by atoms with E-state index in [0.717, 1.165) is 43.3 Å². The maximum atomic E-state index is 10.4. The minimum absolute atomic E-state index is 0.00892. The smallest absolute Gasteiger partial charge is 0.223 e. The van der Waals surface area contributed by atoms with Gasteiger partial charge in [0.1, 0.15) is 5.75 Å². The molecule has 0 saturated heterocycles. The maximum Gasteiger partial charge on any atom is 0.223 e. The van der Waals surface area contributed by atoms with Crippen LogP contribution in [0, 0.1) is 6.92 Å². The van der Waals surface area contributed by atoms with E-state index >= 15 is 0 Å². The van der Waals surface area contributed by atoms with E-state index < -0.39 is 0 Å². The van der Waals surface area contributed by atoms with Crippen LogP contribution >= 0.6 is 27.3 Å². The molecule has 0 aliphatic carbocycles. The van der Waals surface area contributed by atoms with Gasteiger partial charge in [0, 0.05) is 27.4 Å². The van der Waals surface area contributed by atoms with Crippen molar-refractivity contribution in [2.75, 3.05) is 7.11 Å². The Morgan fingerprint density at radius 1 is 1.28 bits per heavy atom. The van der Waals surface area contributed by atoms with Gasteiger partial charge < -0.3 is 14.6 Å². The van der Waals surface area contributed by atoms with Gasteiger partial charge >= 0.3 is 0 Å². The molecule has 148 valence electrons. The predicted molar refractivity (Wildman–Crippen MR) is 117 cm³/mol. The fraction of sp³-hybridized carbons (Fsp3) is 0.227. The molecule has 3 aromatic rings. The van der Waals surface area contributed by atoms with E-state index in [1.807, 2.05) is 41.6 Å². The van der Waals surface area contributed by atoms with E-state index in [4.69, 9.17) is 14.6 Å². The van der Waals surface area contributed by atoms with Crippen LogP contribution < -0.4 is 9.47 Å². The molecular weight excluding hydrogens is 452 g/mol. The molecule has 1 aromatic heterocycles. The summed E-state index contributed by atoms with van der Waals surface area (Å²) in [6.07, 6.45) is 0.327. The van der Waals surface area contributed by atoms with Gasteiger partial charge in [-0.05, 0) is 47.1 Å². The third-order valence-electron chi connectivity index (χ3n) is 5.29. The fourth-order valence-corrected chi connectivity index (χ4v) is 5.40. The minimum Gasteiger partial charge on any atom is -0.507 e. The predicted octanol–water partition coefficient (Wildman–Crippen LogP) is 5.78. The molecule has 7 heteroatoms. The Bertz CT molecular complexity index is 1130. The van der Waals surface area contributed by atoms with Crippen molar-refractivity contribution in [3.8, 4) is 17.2 Å². The number of fused-ring (bicyclic) bond motifs is 3. The first-order valence-electron chi connectivity index (χ1n) is 9.28. The fourth-order valence-electron chi connectivity index (χ4n) is 3.93. The third kappa shape index (κ3) is 3.09. The number of aromatic hydroxyl groups is 1. The van der Waals surface area contributed by atoms with Crippen molar-refractivity contribution in [3.05, 3.63) is 73.9 Å². The van der Waals surface area contributed by atoms with E-state index in [1.165, 1.54) is 0 Å². The van der Waals surface area contributed by atoms with Gasteiger partial charge in [0.2, 0.25) is 6.23 Å². The van der Waals surface area contributed by atoms with Gasteiger partial charge in [0.15, 0.2) is 11.5 Å². The van der Waals surface area contributed by atoms with Crippen molar-refractivity contribution >= 4 is 33.0 Å². The molecule has 3 heterocycles. The molecule has 0 fully saturated rings. The number of hydrogen-bond acceptors (Lipinski definition) is 6. The van der Waals surface area contributed by atoms with Crippen LogP contribution in [0.5, 0.6) is 17.2 Å². The lowest BCUT2D eigenvalue weighted by Crippen LogP contribution is -2.33. The monoisotopic (exact) mass is 470 g/mol. The minimum atomic E-state index is -0.357. The number of benzene rings is 2. The Labute approximate surface area is 181 Å². The molecule has 0 bridgehead atoms. The molecule has 2 aliphatic rings. The first kappa shape index (κ1) is 18.5. The molecule has 2 atom stereocenters. The number of hydrazone groups is 1. The van der Waals surface area contributed by atoms with Crippen LogP contribution in [-0.2, 0) is 0 Å². The average molecular weight is 471 g/mol. The standard InChI is InChI=1S/C22H19BrN2O3S/c1-12-6-7-18(26)15(8-12)16-10-17-14-4-3-5-19(27-2)21(14)28-22(25(17)24-16)20-9-13(23)11-29-20/h3-9,11,17,22,26H,10H2,1-2H3/t17-,22+/m0/s1. The second-order valence-electron chi connectivity index (χ2n) is 7.18. The Hall–Kier alpha value is -2.51. The molecular formula is C22H19BrN2O3S. The quantitative estimate of drug-likeness (QED) is 0.527. The second-order valence-corrected chi connectivity index (χ2v) is 9.04. The van der Waals surface area contributed by atoms with Crippen LogP contribution in [0.4, 0.5) is 0 Å². The summed E-state index contributed by atoms with van der Waals surface area (Å²) in [6, 6.07) is 13.6. The average Bonchev–Trinajstić information content (AvgIpc) is 3.35. The lowest BCUT2D eigenvalue weighted by molar-refractivity contribution is -0.0185. The molecule has 29 heavy (non-hydrogen) atoms. The zero-order valence-corrected chi connectivity index (χ0v) is 18.3. The summed E-state index contributed by atoms with van der Waals surface area (Å²) >= 11 is 5.16. The summed E-state index contributed by atoms with van der Waals surface area (Å²) in [7, 11) is 1.66. The third-order valence-corrected chi connectivity index (χ3v) is 7.02. The Kier molecular flexibility index (Phi) is 4.52. The topological polar surface area (TPSA) is 54.3 Å². The summed E-state index contributed by atoms with van der Waals surface area (Å²) in [4.78, 5) is 1.05. The van der Waals surface area contributed by atoms with Crippen LogP contribution in [0.15, 0.2) is 57.4 Å². The Morgan fingerprint density at radius 2 is 2.14 bits per heavy atom. The highest BCUT2D eigenvalue weighted by atomic mass is 79.9.